The topological polar surface area (TPSA) is 68.9 Å². The van der Waals surface area contributed by atoms with E-state index >= 15 is 0 Å². The summed E-state index contributed by atoms with van der Waals surface area (Å²) in [7, 11) is 0. The van der Waals surface area contributed by atoms with Crippen molar-refractivity contribution in [3.05, 3.63) is 60.8 Å². The minimum atomic E-state index is 0.470. The minimum Gasteiger partial charge on any atom is -0.457 e. The summed E-state index contributed by atoms with van der Waals surface area (Å²) in [4.78, 5) is 3.17. The number of nitrogen functional groups attached to an aromatic ring is 1. The first-order valence-corrected chi connectivity index (χ1v) is 9.48. The highest BCUT2D eigenvalue weighted by Crippen LogP contribution is 2.38. The van der Waals surface area contributed by atoms with Crippen molar-refractivity contribution in [1.82, 2.24) is 14.8 Å². The maximum Gasteiger partial charge on any atom is 0.127 e. The molecular weight excluding hydrogens is 336 g/mol. The smallest absolute Gasteiger partial charge is 0.127 e. The highest BCUT2D eigenvalue weighted by Gasteiger charge is 2.24. The fraction of sp³-hybridized carbons (Fsp3) is 0.227. The quantitative estimate of drug-likeness (QED) is 0.504. The first-order valence-electron chi connectivity index (χ1n) is 9.48. The van der Waals surface area contributed by atoms with Crippen LogP contribution in [-0.2, 0) is 0 Å². The highest BCUT2D eigenvalue weighted by molar-refractivity contribution is 6.01. The van der Waals surface area contributed by atoms with Crippen LogP contribution >= 0.6 is 0 Å². The van der Waals surface area contributed by atoms with Crippen molar-refractivity contribution in [2.75, 3.05) is 5.73 Å². The monoisotopic (exact) mass is 358 g/mol. The molecule has 2 aromatic carbocycles. The van der Waals surface area contributed by atoms with Gasteiger partial charge in [-0.05, 0) is 49.2 Å². The second-order valence-electron chi connectivity index (χ2n) is 7.13. The molecule has 0 bridgehead atoms. The molecule has 0 spiro atoms. The Morgan fingerprint density at radius 1 is 0.963 bits per heavy atom. The van der Waals surface area contributed by atoms with Gasteiger partial charge in [-0.15, -0.1) is 0 Å². The molecule has 1 saturated carbocycles. The maximum absolute atomic E-state index is 6.22. The molecule has 3 N–H and O–H groups in total. The first-order chi connectivity index (χ1) is 13.3. The average Bonchev–Trinajstić information content (AvgIpc) is 3.42. The molecule has 0 amide bonds. The Balaban J connectivity index is 1.50. The summed E-state index contributed by atoms with van der Waals surface area (Å²) in [5.41, 5.74) is 9.30. The van der Waals surface area contributed by atoms with Gasteiger partial charge >= 0.3 is 0 Å². The number of anilines is 1. The summed E-state index contributed by atoms with van der Waals surface area (Å²) in [6.07, 6.45) is 6.89. The Bertz CT molecular complexity index is 1060. The molecule has 5 heteroatoms. The van der Waals surface area contributed by atoms with Gasteiger partial charge in [0.2, 0.25) is 0 Å². The van der Waals surface area contributed by atoms with Gasteiger partial charge in [-0.3, -0.25) is 4.68 Å². The zero-order valence-corrected chi connectivity index (χ0v) is 15.1. The van der Waals surface area contributed by atoms with E-state index in [0.717, 1.165) is 33.7 Å². The van der Waals surface area contributed by atoms with Crippen molar-refractivity contribution in [3.8, 4) is 22.8 Å². The predicted molar refractivity (Wildman–Crippen MR) is 108 cm³/mol. The van der Waals surface area contributed by atoms with Crippen LogP contribution in [-0.4, -0.2) is 14.8 Å². The third-order valence-electron chi connectivity index (χ3n) is 5.36. The Labute approximate surface area is 157 Å². The molecule has 1 aliphatic carbocycles. The van der Waals surface area contributed by atoms with E-state index in [1.54, 1.807) is 0 Å². The standard InChI is InChI=1S/C22H22N4O/c23-22-20-19(14-24-22)26(16-6-4-5-7-16)25-21(20)15-10-12-18(13-11-15)27-17-8-2-1-3-9-17/h1-3,8-14,16,24H,4-7,23H2. The number of hydrogen-bond acceptors (Lipinski definition) is 3. The first kappa shape index (κ1) is 16.0. The van der Waals surface area contributed by atoms with Gasteiger partial charge in [0.25, 0.3) is 0 Å². The molecule has 136 valence electrons. The number of aromatic nitrogens is 3. The summed E-state index contributed by atoms with van der Waals surface area (Å²) < 4.78 is 8.06. The van der Waals surface area contributed by atoms with Gasteiger partial charge in [0, 0.05) is 11.8 Å². The highest BCUT2D eigenvalue weighted by atomic mass is 16.5. The molecule has 0 radical (unpaired) electrons. The van der Waals surface area contributed by atoms with Gasteiger partial charge in [0.15, 0.2) is 0 Å². The number of ether oxygens (including phenoxy) is 1. The lowest BCUT2D eigenvalue weighted by Gasteiger charge is -2.10. The van der Waals surface area contributed by atoms with E-state index in [4.69, 9.17) is 15.6 Å². The second-order valence-corrected chi connectivity index (χ2v) is 7.13. The van der Waals surface area contributed by atoms with E-state index in [-0.39, 0.29) is 0 Å². The summed E-state index contributed by atoms with van der Waals surface area (Å²) in [6.45, 7) is 0. The zero-order valence-electron chi connectivity index (χ0n) is 15.1. The van der Waals surface area contributed by atoms with E-state index < -0.39 is 0 Å². The summed E-state index contributed by atoms with van der Waals surface area (Å²) in [6, 6.07) is 18.3. The molecule has 0 atom stereocenters. The van der Waals surface area contributed by atoms with Crippen molar-refractivity contribution in [2.45, 2.75) is 31.7 Å². The Morgan fingerprint density at radius 3 is 2.41 bits per heavy atom. The van der Waals surface area contributed by atoms with Gasteiger partial charge in [0.05, 0.1) is 16.9 Å². The molecular formula is C22H22N4O. The van der Waals surface area contributed by atoms with Crippen molar-refractivity contribution in [3.63, 3.8) is 0 Å². The van der Waals surface area contributed by atoms with E-state index in [2.05, 4.69) is 9.67 Å². The van der Waals surface area contributed by atoms with Gasteiger partial charge in [-0.25, -0.2) is 0 Å². The molecule has 4 aromatic rings. The van der Waals surface area contributed by atoms with Crippen LogP contribution in [0.1, 0.15) is 31.7 Å². The van der Waals surface area contributed by atoms with E-state index in [0.29, 0.717) is 11.9 Å². The lowest BCUT2D eigenvalue weighted by atomic mass is 10.1. The van der Waals surface area contributed by atoms with Crippen LogP contribution in [0.4, 0.5) is 5.82 Å². The predicted octanol–water partition coefficient (Wildman–Crippen LogP) is 5.52. The Morgan fingerprint density at radius 2 is 1.67 bits per heavy atom. The molecule has 0 saturated heterocycles. The molecule has 1 aliphatic rings. The Kier molecular flexibility index (Phi) is 3.85. The number of hydrogen-bond donors (Lipinski definition) is 2. The number of nitrogens with two attached hydrogens (primary N) is 1. The molecule has 2 heterocycles. The number of H-pyrrole nitrogens is 1. The molecule has 27 heavy (non-hydrogen) atoms. The van der Waals surface area contributed by atoms with Crippen molar-refractivity contribution in [1.29, 1.82) is 0 Å². The third kappa shape index (κ3) is 2.85. The van der Waals surface area contributed by atoms with E-state index in [1.165, 1.54) is 25.7 Å². The van der Waals surface area contributed by atoms with Crippen molar-refractivity contribution in [2.24, 2.45) is 0 Å². The summed E-state index contributed by atoms with van der Waals surface area (Å²) in [5, 5.41) is 5.96. The van der Waals surface area contributed by atoms with Crippen molar-refractivity contribution < 1.29 is 4.74 Å². The average molecular weight is 358 g/mol. The SMILES string of the molecule is Nc1[nH]cc2c1c(-c1ccc(Oc3ccccc3)cc1)nn2C1CCCC1. The van der Waals surface area contributed by atoms with Gasteiger partial charge in [-0.2, -0.15) is 5.10 Å². The van der Waals surface area contributed by atoms with Gasteiger partial charge in [0.1, 0.15) is 23.0 Å². The van der Waals surface area contributed by atoms with E-state index in [1.807, 2.05) is 60.8 Å². The lowest BCUT2D eigenvalue weighted by Crippen LogP contribution is -2.06. The van der Waals surface area contributed by atoms with Crippen LogP contribution in [0.25, 0.3) is 22.2 Å². The summed E-state index contributed by atoms with van der Waals surface area (Å²) >= 11 is 0. The fourth-order valence-corrected chi connectivity index (χ4v) is 4.00. The molecule has 5 rings (SSSR count). The van der Waals surface area contributed by atoms with Crippen LogP contribution in [0, 0.1) is 0 Å². The largest absolute Gasteiger partial charge is 0.457 e. The number of rotatable bonds is 4. The fourth-order valence-electron chi connectivity index (χ4n) is 4.00. The maximum atomic E-state index is 6.22. The molecule has 0 unspecified atom stereocenters. The third-order valence-corrected chi connectivity index (χ3v) is 5.36. The van der Waals surface area contributed by atoms with Crippen LogP contribution in [0.3, 0.4) is 0 Å². The number of fused-ring (bicyclic) bond motifs is 1. The van der Waals surface area contributed by atoms with Crippen molar-refractivity contribution >= 4 is 16.7 Å². The number of benzene rings is 2. The summed E-state index contributed by atoms with van der Waals surface area (Å²) in [5.74, 6) is 2.31. The zero-order chi connectivity index (χ0) is 18.2. The van der Waals surface area contributed by atoms with Gasteiger partial charge < -0.3 is 15.5 Å². The number of aromatic amines is 1. The normalized spacial score (nSPS) is 14.8. The van der Waals surface area contributed by atoms with E-state index in [9.17, 15) is 0 Å². The lowest BCUT2D eigenvalue weighted by molar-refractivity contribution is 0.481. The minimum absolute atomic E-state index is 0.470. The molecule has 0 aliphatic heterocycles. The Hall–Kier alpha value is -3.21. The number of nitrogens with one attached hydrogen (secondary N) is 1. The van der Waals surface area contributed by atoms with Crippen LogP contribution < -0.4 is 10.5 Å². The number of para-hydroxylation sites is 1. The second kappa shape index (κ2) is 6.50. The van der Waals surface area contributed by atoms with Gasteiger partial charge in [-0.1, -0.05) is 31.0 Å². The van der Waals surface area contributed by atoms with Crippen LogP contribution in [0.5, 0.6) is 11.5 Å². The molecule has 5 nitrogen and oxygen atoms in total. The number of nitrogens with zero attached hydrogens (tertiary/aromatic N) is 2. The molecule has 1 fully saturated rings. The van der Waals surface area contributed by atoms with Crippen LogP contribution in [0.2, 0.25) is 0 Å². The molecule has 2 aromatic heterocycles. The van der Waals surface area contributed by atoms with Crippen LogP contribution in [0.15, 0.2) is 60.8 Å².